The van der Waals surface area contributed by atoms with Crippen LogP contribution in [0.15, 0.2) is 72.8 Å². The zero-order valence-corrected chi connectivity index (χ0v) is 24.8. The summed E-state index contributed by atoms with van der Waals surface area (Å²) in [7, 11) is -0.505. The van der Waals surface area contributed by atoms with Gasteiger partial charge in [-0.05, 0) is 81.1 Å². The van der Waals surface area contributed by atoms with Crippen molar-refractivity contribution in [1.82, 2.24) is 4.90 Å². The van der Waals surface area contributed by atoms with Gasteiger partial charge in [-0.15, -0.1) is 0 Å². The zero-order valence-electron chi connectivity index (χ0n) is 24.8. The average Bonchev–Trinajstić information content (AvgIpc) is 3.53. The molecule has 2 unspecified atom stereocenters. The Morgan fingerprint density at radius 1 is 0.833 bits per heavy atom. The second-order valence-corrected chi connectivity index (χ2v) is 13.3. The predicted octanol–water partition coefficient (Wildman–Crippen LogP) is 6.36. The number of carbonyl (C=O) groups excluding carboxylic acids is 2. The van der Waals surface area contributed by atoms with E-state index in [-0.39, 0.29) is 35.8 Å². The largest absolute Gasteiger partial charge is 0.494 e. The first kappa shape index (κ1) is 27.4. The highest BCUT2D eigenvalue weighted by atomic mass is 16.7. The number of hydrogen-bond acceptors (Lipinski definition) is 5. The van der Waals surface area contributed by atoms with E-state index in [1.807, 2.05) is 69.0 Å². The van der Waals surface area contributed by atoms with E-state index in [2.05, 4.69) is 36.4 Å². The van der Waals surface area contributed by atoms with Crippen LogP contribution in [0.5, 0.6) is 0 Å². The topological polar surface area (TPSA) is 65.1 Å². The van der Waals surface area contributed by atoms with Gasteiger partial charge in [0.2, 0.25) is 0 Å². The van der Waals surface area contributed by atoms with Gasteiger partial charge in [0.15, 0.2) is 5.78 Å². The Kier molecular flexibility index (Phi) is 6.59. The molecule has 0 radical (unpaired) electrons. The quantitative estimate of drug-likeness (QED) is 0.267. The van der Waals surface area contributed by atoms with Crippen LogP contribution in [0.1, 0.15) is 80.8 Å². The maximum Gasteiger partial charge on any atom is 0.494 e. The van der Waals surface area contributed by atoms with Gasteiger partial charge in [0.1, 0.15) is 6.61 Å². The molecule has 3 aromatic rings. The van der Waals surface area contributed by atoms with Crippen LogP contribution >= 0.6 is 0 Å². The highest BCUT2D eigenvalue weighted by molar-refractivity contribution is 6.62. The number of piperidine rings is 1. The number of amides is 1. The molecule has 0 saturated carbocycles. The number of fused-ring (bicyclic) bond motifs is 5. The molecule has 0 spiro atoms. The Balaban J connectivity index is 1.02. The summed E-state index contributed by atoms with van der Waals surface area (Å²) < 4.78 is 18.5. The molecule has 3 fully saturated rings. The van der Waals surface area contributed by atoms with Crippen LogP contribution in [0.2, 0.25) is 0 Å². The Morgan fingerprint density at radius 3 is 2.00 bits per heavy atom. The van der Waals surface area contributed by atoms with E-state index in [1.165, 1.54) is 22.3 Å². The third-order valence-electron chi connectivity index (χ3n) is 10.3. The Bertz CT molecular complexity index is 1470. The van der Waals surface area contributed by atoms with Crippen LogP contribution in [0, 0.1) is 5.92 Å². The first-order valence-corrected chi connectivity index (χ1v) is 15.3. The monoisotopic (exact) mass is 563 g/mol. The number of ether oxygens (including phenoxy) is 1. The SMILES string of the molecule is CC1(C)OB(c2cccc(C(=O)C3CC4CCC(C3)N4C(=O)OCC3c4ccccc4-c4ccccc43)c2)OC1(C)C. The molecule has 3 heterocycles. The van der Waals surface area contributed by atoms with Gasteiger partial charge < -0.3 is 18.9 Å². The summed E-state index contributed by atoms with van der Waals surface area (Å²) in [6.07, 6.45) is 2.90. The van der Waals surface area contributed by atoms with Crippen LogP contribution in [-0.2, 0) is 14.0 Å². The van der Waals surface area contributed by atoms with Crippen molar-refractivity contribution in [2.75, 3.05) is 6.61 Å². The number of benzene rings is 3. The molecule has 0 aromatic heterocycles. The standard InChI is InChI=1S/C35H38BNO5/c1-34(2)35(3,4)42-36(41-34)24-11-9-10-22(18-24)32(38)23-19-25-16-17-26(20-23)37(25)33(39)40-21-31-29-14-7-5-12-27(29)28-13-6-8-15-30(28)31/h5-15,18,23,25-26,31H,16-17,19-21H2,1-4H3. The van der Waals surface area contributed by atoms with Crippen LogP contribution in [0.4, 0.5) is 4.79 Å². The summed E-state index contributed by atoms with van der Waals surface area (Å²) >= 11 is 0. The summed E-state index contributed by atoms with van der Waals surface area (Å²) in [5, 5.41) is 0. The number of hydrogen-bond donors (Lipinski definition) is 0. The van der Waals surface area contributed by atoms with Gasteiger partial charge in [0, 0.05) is 29.5 Å². The molecule has 7 heteroatoms. The fourth-order valence-electron chi connectivity index (χ4n) is 7.41. The van der Waals surface area contributed by atoms with Crippen molar-refractivity contribution in [3.05, 3.63) is 89.5 Å². The lowest BCUT2D eigenvalue weighted by molar-refractivity contribution is 0.00578. The molecule has 3 aromatic carbocycles. The number of Topliss-reactive ketones (excluding diaryl/α,β-unsaturated/α-hetero) is 1. The maximum absolute atomic E-state index is 13.7. The molecule has 2 atom stereocenters. The number of ketones is 1. The lowest BCUT2D eigenvalue weighted by atomic mass is 9.77. The molecule has 6 nitrogen and oxygen atoms in total. The average molecular weight is 564 g/mol. The first-order valence-electron chi connectivity index (χ1n) is 15.3. The molecule has 3 aliphatic heterocycles. The fraction of sp³-hybridized carbons (Fsp3) is 0.429. The molecular weight excluding hydrogens is 525 g/mol. The summed E-state index contributed by atoms with van der Waals surface area (Å²) in [5.74, 6) is 0.0560. The van der Waals surface area contributed by atoms with Gasteiger partial charge in [-0.1, -0.05) is 72.8 Å². The van der Waals surface area contributed by atoms with Crippen molar-refractivity contribution in [2.24, 2.45) is 5.92 Å². The third kappa shape index (κ3) is 4.49. The van der Waals surface area contributed by atoms with E-state index < -0.39 is 18.3 Å². The summed E-state index contributed by atoms with van der Waals surface area (Å²) in [6, 6.07) is 24.5. The lowest BCUT2D eigenvalue weighted by Gasteiger charge is -2.37. The highest BCUT2D eigenvalue weighted by Gasteiger charge is 2.52. The summed E-state index contributed by atoms with van der Waals surface area (Å²) in [6.45, 7) is 8.44. The minimum absolute atomic E-state index is 0.0274. The molecule has 1 amide bonds. The van der Waals surface area contributed by atoms with Crippen LogP contribution in [-0.4, -0.2) is 53.8 Å². The molecule has 42 heavy (non-hydrogen) atoms. The predicted molar refractivity (Wildman–Crippen MR) is 163 cm³/mol. The number of carbonyl (C=O) groups is 2. The molecule has 216 valence electrons. The smallest absolute Gasteiger partial charge is 0.448 e. The van der Waals surface area contributed by atoms with Crippen LogP contribution in [0.3, 0.4) is 0 Å². The van der Waals surface area contributed by atoms with E-state index >= 15 is 0 Å². The second-order valence-electron chi connectivity index (χ2n) is 13.3. The minimum atomic E-state index is -0.505. The van der Waals surface area contributed by atoms with Gasteiger partial charge in [-0.3, -0.25) is 4.79 Å². The number of rotatable bonds is 5. The summed E-state index contributed by atoms with van der Waals surface area (Å²) in [5.41, 5.74) is 5.51. The van der Waals surface area contributed by atoms with Crippen molar-refractivity contribution < 1.29 is 23.6 Å². The van der Waals surface area contributed by atoms with Gasteiger partial charge in [-0.2, -0.15) is 0 Å². The molecule has 2 bridgehead atoms. The first-order chi connectivity index (χ1) is 20.1. The van der Waals surface area contributed by atoms with Crippen LogP contribution < -0.4 is 5.46 Å². The Morgan fingerprint density at radius 2 is 1.40 bits per heavy atom. The molecule has 3 saturated heterocycles. The molecule has 1 aliphatic carbocycles. The van der Waals surface area contributed by atoms with Gasteiger partial charge in [0.05, 0.1) is 11.2 Å². The second kappa shape index (κ2) is 10.1. The molecule has 4 aliphatic rings. The lowest BCUT2D eigenvalue weighted by Crippen LogP contribution is -2.48. The summed E-state index contributed by atoms with van der Waals surface area (Å²) in [4.78, 5) is 29.1. The molecular formula is C35H38BNO5. The van der Waals surface area contributed by atoms with Gasteiger partial charge >= 0.3 is 13.2 Å². The van der Waals surface area contributed by atoms with Crippen molar-refractivity contribution in [1.29, 1.82) is 0 Å². The fourth-order valence-corrected chi connectivity index (χ4v) is 7.41. The number of nitrogens with zero attached hydrogens (tertiary/aromatic N) is 1. The van der Waals surface area contributed by atoms with Gasteiger partial charge in [-0.25, -0.2) is 4.79 Å². The van der Waals surface area contributed by atoms with E-state index in [0.29, 0.717) is 25.0 Å². The van der Waals surface area contributed by atoms with Crippen molar-refractivity contribution in [3.63, 3.8) is 0 Å². The van der Waals surface area contributed by atoms with E-state index in [1.54, 1.807) is 0 Å². The van der Waals surface area contributed by atoms with E-state index in [0.717, 1.165) is 18.3 Å². The Hall–Kier alpha value is -3.42. The van der Waals surface area contributed by atoms with Crippen molar-refractivity contribution in [2.45, 2.75) is 82.6 Å². The van der Waals surface area contributed by atoms with E-state index in [4.69, 9.17) is 14.0 Å². The van der Waals surface area contributed by atoms with Crippen molar-refractivity contribution >= 4 is 24.5 Å². The normalized spacial score (nSPS) is 25.3. The van der Waals surface area contributed by atoms with Crippen LogP contribution in [0.25, 0.3) is 11.1 Å². The van der Waals surface area contributed by atoms with Gasteiger partial charge in [0.25, 0.3) is 0 Å². The molecule has 0 N–H and O–H groups in total. The van der Waals surface area contributed by atoms with E-state index in [9.17, 15) is 9.59 Å². The van der Waals surface area contributed by atoms with Crippen molar-refractivity contribution in [3.8, 4) is 11.1 Å². The third-order valence-corrected chi connectivity index (χ3v) is 10.3. The zero-order chi connectivity index (χ0) is 29.2. The maximum atomic E-state index is 13.7. The Labute approximate surface area is 248 Å². The molecule has 7 rings (SSSR count). The minimum Gasteiger partial charge on any atom is -0.448 e. The highest BCUT2D eigenvalue weighted by Crippen LogP contribution is 2.45.